The van der Waals surface area contributed by atoms with E-state index in [2.05, 4.69) is 0 Å². The van der Waals surface area contributed by atoms with E-state index >= 15 is 0 Å². The topological polar surface area (TPSA) is 0 Å². The molecule has 0 amide bonds. The fourth-order valence-corrected chi connectivity index (χ4v) is 0.138. The SMILES string of the molecule is [2H]CC([2H])([2H])C([2H])([2H])C([2H])([2H])C([2H])([2H])C([2H])([2H])C([2H])=C([2H])[2H]. The Bertz CT molecular complexity index is 442. The van der Waals surface area contributed by atoms with Crippen molar-refractivity contribution in [3.63, 3.8) is 0 Å². The van der Waals surface area contributed by atoms with Crippen LogP contribution in [0.2, 0.25) is 0 Å². The molecule has 0 nitrogen and oxygen atoms in total. The minimum Gasteiger partial charge on any atom is -0.103 e. The molecule has 0 radical (unpaired) electrons. The van der Waals surface area contributed by atoms with Crippen molar-refractivity contribution in [1.82, 2.24) is 0 Å². The van der Waals surface area contributed by atoms with Crippen LogP contribution >= 0.6 is 0 Å². The monoisotopic (exact) mass is 126 g/mol. The highest BCUT2D eigenvalue weighted by Gasteiger charge is 1.81. The fraction of sp³-hybridized carbons (Fsp3) is 0.750. The summed E-state index contributed by atoms with van der Waals surface area (Å²) in [6.45, 7) is -2.64. The molecule has 0 bridgehead atoms. The molecular formula is C8H16. The highest BCUT2D eigenvalue weighted by Crippen LogP contribution is 2.01. The second kappa shape index (κ2) is 6.74. The van der Waals surface area contributed by atoms with Crippen LogP contribution in [0.5, 0.6) is 0 Å². The Morgan fingerprint density at radius 2 is 2.88 bits per heavy atom. The summed E-state index contributed by atoms with van der Waals surface area (Å²) < 4.78 is 103. The van der Waals surface area contributed by atoms with Crippen LogP contribution < -0.4 is 0 Å². The van der Waals surface area contributed by atoms with Crippen LogP contribution in [0.4, 0.5) is 0 Å². The molecule has 0 saturated carbocycles. The first-order valence-corrected chi connectivity index (χ1v) is 1.85. The summed E-state index contributed by atoms with van der Waals surface area (Å²) in [5.41, 5.74) is 0. The van der Waals surface area contributed by atoms with Crippen molar-refractivity contribution >= 4 is 0 Å². The van der Waals surface area contributed by atoms with Gasteiger partial charge in [-0.15, -0.1) is 6.53 Å². The van der Waals surface area contributed by atoms with Gasteiger partial charge in [0.15, 0.2) is 0 Å². The average Bonchev–Trinajstić information content (AvgIpc) is 2.36. The Morgan fingerprint density at radius 1 is 1.88 bits per heavy atom. The summed E-state index contributed by atoms with van der Waals surface area (Å²) in [5, 5.41) is 0. The van der Waals surface area contributed by atoms with Crippen LogP contribution in [0.25, 0.3) is 0 Å². The molecule has 48 valence electrons. The lowest BCUT2D eigenvalue weighted by molar-refractivity contribution is 0.675. The normalized spacial score (nSPS) is 43.0. The number of rotatable bonds is 5. The van der Waals surface area contributed by atoms with Crippen LogP contribution in [0.3, 0.4) is 0 Å². The van der Waals surface area contributed by atoms with E-state index in [1.54, 1.807) is 0 Å². The molecule has 0 unspecified atom stereocenters. The fourth-order valence-electron chi connectivity index (χ4n) is 0.138. The van der Waals surface area contributed by atoms with Gasteiger partial charge in [-0.25, -0.2) is 0 Å². The lowest BCUT2D eigenvalue weighted by Crippen LogP contribution is -1.71. The minimum absolute atomic E-state index is 1.23. The van der Waals surface area contributed by atoms with Gasteiger partial charge in [0.05, 0.1) is 4.11 Å². The van der Waals surface area contributed by atoms with E-state index in [1.165, 1.54) is 0 Å². The van der Waals surface area contributed by atoms with E-state index in [-0.39, 0.29) is 0 Å². The molecule has 0 saturated heterocycles. The third kappa shape index (κ3) is 5.74. The summed E-state index contributed by atoms with van der Waals surface area (Å²) in [6.07, 6.45) is -17.9. The first kappa shape index (κ1) is 0.817. The Labute approximate surface area is 72.3 Å². The van der Waals surface area contributed by atoms with Crippen LogP contribution in [0.15, 0.2) is 12.6 Å². The van der Waals surface area contributed by atoms with E-state index in [9.17, 15) is 0 Å². The van der Waals surface area contributed by atoms with Crippen LogP contribution in [0, 0.1) is 0 Å². The zero-order valence-corrected chi connectivity index (χ0v) is 4.21. The van der Waals surface area contributed by atoms with Gasteiger partial charge in [-0.1, -0.05) is 32.1 Å². The third-order valence-corrected chi connectivity index (χ3v) is 0.338. The standard InChI is InChI=1S/C8H16/c1-3-5-7-8-6-4-2/h3H,1,4-8H2,2H3/i1D2,2D,3D,4D2,5D2,6D2,7D2,8D2. The van der Waals surface area contributed by atoms with Crippen LogP contribution in [0.1, 0.15) is 58.0 Å². The van der Waals surface area contributed by atoms with Crippen molar-refractivity contribution in [3.05, 3.63) is 12.6 Å². The first-order chi connectivity index (χ1) is 9.41. The second-order valence-corrected chi connectivity index (χ2v) is 0.802. The molecular weight excluding hydrogens is 96.1 g/mol. The maximum atomic E-state index is 7.61. The molecule has 0 aliphatic carbocycles. The quantitative estimate of drug-likeness (QED) is 0.496. The van der Waals surface area contributed by atoms with Gasteiger partial charge in [-0.3, -0.25) is 0 Å². The molecule has 0 atom stereocenters. The van der Waals surface area contributed by atoms with Gasteiger partial charge in [0.25, 0.3) is 0 Å². The average molecular weight is 126 g/mol. The molecule has 8 heavy (non-hydrogen) atoms. The van der Waals surface area contributed by atoms with Crippen molar-refractivity contribution < 1.29 is 19.2 Å². The molecule has 0 spiro atoms. The number of hydrogen-bond acceptors (Lipinski definition) is 0. The predicted octanol–water partition coefficient (Wildman–Crippen LogP) is 3.14. The Morgan fingerprint density at radius 3 is 3.62 bits per heavy atom. The highest BCUT2D eigenvalue weighted by molar-refractivity contribution is 4.64. The number of allylic oxidation sites excluding steroid dienone is 1. The zero-order valence-electron chi connectivity index (χ0n) is 18.2. The van der Waals surface area contributed by atoms with Crippen molar-refractivity contribution in [2.45, 2.75) is 38.8 Å². The van der Waals surface area contributed by atoms with Gasteiger partial charge in [0.2, 0.25) is 0 Å². The molecule has 0 fully saturated rings. The Kier molecular flexibility index (Phi) is 0.689. The van der Waals surface area contributed by atoms with Gasteiger partial charge in [0.1, 0.15) is 0 Å². The molecule has 0 aromatic heterocycles. The minimum atomic E-state index is -3.80. The number of hydrogen-bond donors (Lipinski definition) is 0. The van der Waals surface area contributed by atoms with E-state index in [4.69, 9.17) is 19.2 Å². The van der Waals surface area contributed by atoms with E-state index in [1.807, 2.05) is 0 Å². The zero-order chi connectivity index (χ0) is 18.4. The summed E-state index contributed by atoms with van der Waals surface area (Å²) in [5.74, 6) is 0. The summed E-state index contributed by atoms with van der Waals surface area (Å²) in [4.78, 5) is 0. The third-order valence-electron chi connectivity index (χ3n) is 0.338. The maximum absolute atomic E-state index is 7.61. The smallest absolute Gasteiger partial charge is 0.0570 e. The van der Waals surface area contributed by atoms with Gasteiger partial charge in [-0.2, -0.15) is 0 Å². The Hall–Kier alpha value is -0.260. The van der Waals surface area contributed by atoms with Crippen molar-refractivity contribution in [3.8, 4) is 0 Å². The largest absolute Gasteiger partial charge is 0.103 e. The maximum Gasteiger partial charge on any atom is 0.0570 e. The highest BCUT2D eigenvalue weighted by atomic mass is 13.9. The van der Waals surface area contributed by atoms with Crippen molar-refractivity contribution in [2.24, 2.45) is 0 Å². The molecule has 0 aliphatic heterocycles. The lowest BCUT2D eigenvalue weighted by Gasteiger charge is -1.91. The first-order valence-electron chi connectivity index (χ1n) is 9.06. The lowest BCUT2D eigenvalue weighted by atomic mass is 10.2. The predicted molar refractivity (Wildman–Crippen MR) is 39.0 cm³/mol. The summed E-state index contributed by atoms with van der Waals surface area (Å²) in [6, 6.07) is -1.50. The van der Waals surface area contributed by atoms with Crippen molar-refractivity contribution in [1.29, 1.82) is 0 Å². The molecule has 0 rings (SSSR count). The van der Waals surface area contributed by atoms with Gasteiger partial charge >= 0.3 is 0 Å². The molecule has 0 aromatic carbocycles. The van der Waals surface area contributed by atoms with Gasteiger partial charge in [0, 0.05) is 15.1 Å². The molecule has 0 heterocycles. The van der Waals surface area contributed by atoms with E-state index in [0.29, 0.717) is 0 Å². The summed E-state index contributed by atoms with van der Waals surface area (Å²) >= 11 is 0. The van der Waals surface area contributed by atoms with Gasteiger partial charge in [-0.05, 0) is 12.7 Å². The molecule has 0 N–H and O–H groups in total. The van der Waals surface area contributed by atoms with E-state index < -0.39 is 51.3 Å². The Balaban J connectivity index is 6.25. The van der Waals surface area contributed by atoms with Crippen molar-refractivity contribution in [2.75, 3.05) is 0 Å². The summed E-state index contributed by atoms with van der Waals surface area (Å²) in [7, 11) is 0. The second-order valence-electron chi connectivity index (χ2n) is 0.802. The van der Waals surface area contributed by atoms with E-state index in [0.717, 1.165) is 0 Å². The molecule has 0 aromatic rings. The molecule has 0 aliphatic rings. The molecule has 0 heteroatoms. The van der Waals surface area contributed by atoms with Gasteiger partial charge < -0.3 is 0 Å². The van der Waals surface area contributed by atoms with Crippen LogP contribution in [-0.2, 0) is 0 Å². The van der Waals surface area contributed by atoms with Crippen LogP contribution in [-0.4, -0.2) is 0 Å².